The minimum atomic E-state index is -0.454. The fraction of sp³-hybridized carbons (Fsp3) is 0.353. The van der Waals surface area contributed by atoms with Gasteiger partial charge in [-0.3, -0.25) is 0 Å². The molecule has 1 aromatic rings. The van der Waals surface area contributed by atoms with Crippen LogP contribution in [0.5, 0.6) is 0 Å². The van der Waals surface area contributed by atoms with Gasteiger partial charge in [0, 0.05) is 18.9 Å². The van der Waals surface area contributed by atoms with E-state index in [0.717, 1.165) is 12.8 Å². The van der Waals surface area contributed by atoms with Crippen LogP contribution in [-0.2, 0) is 16.0 Å². The number of aryl methyl sites for hydroxylation is 1. The first-order valence-corrected chi connectivity index (χ1v) is 7.00. The quantitative estimate of drug-likeness (QED) is 0.640. The number of cyclic esters (lactones) is 1. The van der Waals surface area contributed by atoms with E-state index in [2.05, 4.69) is 12.1 Å². The fourth-order valence-electron chi connectivity index (χ4n) is 2.15. The van der Waals surface area contributed by atoms with E-state index in [4.69, 9.17) is 4.74 Å². The van der Waals surface area contributed by atoms with E-state index in [0.29, 0.717) is 12.8 Å². The summed E-state index contributed by atoms with van der Waals surface area (Å²) in [5.41, 5.74) is 1.23. The lowest BCUT2D eigenvalue weighted by atomic mass is 10.1. The zero-order valence-corrected chi connectivity index (χ0v) is 11.4. The van der Waals surface area contributed by atoms with Crippen LogP contribution < -0.4 is 0 Å². The zero-order valence-electron chi connectivity index (χ0n) is 11.4. The number of carbonyl (C=O) groups excluding carboxylic acids is 1. The normalized spacial score (nSPS) is 20.1. The topological polar surface area (TPSA) is 46.5 Å². The summed E-state index contributed by atoms with van der Waals surface area (Å²) in [7, 11) is 0. The van der Waals surface area contributed by atoms with Crippen molar-refractivity contribution in [1.29, 1.82) is 0 Å². The lowest BCUT2D eigenvalue weighted by Gasteiger charge is -2.16. The second-order valence-corrected chi connectivity index (χ2v) is 4.95. The van der Waals surface area contributed by atoms with Gasteiger partial charge in [-0.1, -0.05) is 48.6 Å². The Morgan fingerprint density at radius 2 is 2.15 bits per heavy atom. The molecule has 0 radical (unpaired) electrons. The van der Waals surface area contributed by atoms with Gasteiger partial charge in [-0.2, -0.15) is 0 Å². The highest BCUT2D eigenvalue weighted by Crippen LogP contribution is 2.12. The highest BCUT2D eigenvalue weighted by Gasteiger charge is 2.14. The molecule has 1 aliphatic rings. The maximum atomic E-state index is 11.0. The van der Waals surface area contributed by atoms with E-state index in [1.54, 1.807) is 6.08 Å². The second kappa shape index (κ2) is 7.65. The standard InChI is InChI=1S/C17H20O3/c18-15(13-12-14-6-2-1-3-7-14)8-4-9-16-10-5-11-17(19)20-16/h1-8,11,15-16,18H,9-10,12-13H2/b8-4+/t15-,16+/m1/s1. The molecule has 1 heterocycles. The molecule has 1 aliphatic heterocycles. The predicted molar refractivity (Wildman–Crippen MR) is 78.2 cm³/mol. The van der Waals surface area contributed by atoms with Gasteiger partial charge in [0.15, 0.2) is 0 Å². The van der Waals surface area contributed by atoms with Crippen LogP contribution in [0.3, 0.4) is 0 Å². The van der Waals surface area contributed by atoms with Crippen LogP contribution in [0.15, 0.2) is 54.6 Å². The summed E-state index contributed by atoms with van der Waals surface area (Å²) < 4.78 is 5.14. The fourth-order valence-corrected chi connectivity index (χ4v) is 2.15. The van der Waals surface area contributed by atoms with Crippen LogP contribution in [0.4, 0.5) is 0 Å². The Morgan fingerprint density at radius 1 is 1.35 bits per heavy atom. The number of aliphatic hydroxyl groups excluding tert-OH is 1. The number of rotatable bonds is 6. The number of benzene rings is 1. The van der Waals surface area contributed by atoms with Crippen molar-refractivity contribution in [3.05, 3.63) is 60.2 Å². The predicted octanol–water partition coefficient (Wildman–Crippen LogP) is 2.80. The molecule has 0 spiro atoms. The molecule has 3 nitrogen and oxygen atoms in total. The molecule has 0 saturated heterocycles. The van der Waals surface area contributed by atoms with Gasteiger partial charge in [0.1, 0.15) is 6.10 Å². The number of ether oxygens (including phenoxy) is 1. The van der Waals surface area contributed by atoms with E-state index < -0.39 is 6.10 Å². The van der Waals surface area contributed by atoms with Crippen LogP contribution in [-0.4, -0.2) is 23.3 Å². The molecular weight excluding hydrogens is 252 g/mol. The molecule has 20 heavy (non-hydrogen) atoms. The van der Waals surface area contributed by atoms with Crippen molar-refractivity contribution in [1.82, 2.24) is 0 Å². The maximum Gasteiger partial charge on any atom is 0.330 e. The van der Waals surface area contributed by atoms with Crippen molar-refractivity contribution in [3.8, 4) is 0 Å². The SMILES string of the molecule is O=C1C=CC[C@H](C/C=C/[C@@H](O)CCc2ccccc2)O1. The Hall–Kier alpha value is -1.87. The summed E-state index contributed by atoms with van der Waals surface area (Å²) in [5, 5.41) is 9.88. The molecule has 0 amide bonds. The highest BCUT2D eigenvalue weighted by atomic mass is 16.5. The van der Waals surface area contributed by atoms with Crippen LogP contribution in [0.2, 0.25) is 0 Å². The third-order valence-electron chi connectivity index (χ3n) is 3.26. The van der Waals surface area contributed by atoms with E-state index in [1.165, 1.54) is 11.6 Å². The van der Waals surface area contributed by atoms with Gasteiger partial charge in [-0.25, -0.2) is 4.79 Å². The Balaban J connectivity index is 1.69. The van der Waals surface area contributed by atoms with E-state index in [9.17, 15) is 9.90 Å². The van der Waals surface area contributed by atoms with E-state index in [1.807, 2.05) is 30.4 Å². The van der Waals surface area contributed by atoms with Crippen molar-refractivity contribution in [2.24, 2.45) is 0 Å². The van der Waals surface area contributed by atoms with Crippen molar-refractivity contribution in [3.63, 3.8) is 0 Å². The summed E-state index contributed by atoms with van der Waals surface area (Å²) in [5.74, 6) is -0.278. The summed E-state index contributed by atoms with van der Waals surface area (Å²) in [6.07, 6.45) is 9.37. The van der Waals surface area contributed by atoms with Crippen LogP contribution in [0, 0.1) is 0 Å². The van der Waals surface area contributed by atoms with Crippen molar-refractivity contribution in [2.75, 3.05) is 0 Å². The van der Waals surface area contributed by atoms with Gasteiger partial charge in [-0.15, -0.1) is 0 Å². The third-order valence-corrected chi connectivity index (χ3v) is 3.26. The Bertz CT molecular complexity index is 476. The minimum absolute atomic E-state index is 0.0925. The lowest BCUT2D eigenvalue weighted by Crippen LogP contribution is -2.19. The van der Waals surface area contributed by atoms with Crippen LogP contribution in [0.25, 0.3) is 0 Å². The number of hydrogen-bond acceptors (Lipinski definition) is 3. The Labute approximate surface area is 119 Å². The molecule has 2 atom stereocenters. The number of esters is 1. The molecule has 0 bridgehead atoms. The molecule has 1 N–H and O–H groups in total. The molecular formula is C17H20O3. The van der Waals surface area contributed by atoms with Crippen molar-refractivity contribution in [2.45, 2.75) is 37.9 Å². The van der Waals surface area contributed by atoms with Gasteiger partial charge < -0.3 is 9.84 Å². The van der Waals surface area contributed by atoms with Gasteiger partial charge in [0.25, 0.3) is 0 Å². The average Bonchev–Trinajstić information content (AvgIpc) is 2.46. The molecule has 0 fully saturated rings. The summed E-state index contributed by atoms with van der Waals surface area (Å²) in [4.78, 5) is 11.0. The Kier molecular flexibility index (Phi) is 5.56. The summed E-state index contributed by atoms with van der Waals surface area (Å²) >= 11 is 0. The number of carbonyl (C=O) groups is 1. The van der Waals surface area contributed by atoms with Crippen molar-refractivity contribution >= 4 is 5.97 Å². The largest absolute Gasteiger partial charge is 0.459 e. The maximum absolute atomic E-state index is 11.0. The molecule has 0 saturated carbocycles. The van der Waals surface area contributed by atoms with Crippen LogP contribution >= 0.6 is 0 Å². The van der Waals surface area contributed by atoms with Gasteiger partial charge in [0.05, 0.1) is 6.10 Å². The average molecular weight is 272 g/mol. The first-order valence-electron chi connectivity index (χ1n) is 7.00. The molecule has 0 unspecified atom stereocenters. The van der Waals surface area contributed by atoms with E-state index in [-0.39, 0.29) is 12.1 Å². The molecule has 0 aromatic heterocycles. The Morgan fingerprint density at radius 3 is 2.90 bits per heavy atom. The third kappa shape index (κ3) is 5.02. The molecule has 0 aliphatic carbocycles. The molecule has 106 valence electrons. The number of aliphatic hydroxyl groups is 1. The van der Waals surface area contributed by atoms with Crippen molar-refractivity contribution < 1.29 is 14.6 Å². The summed E-state index contributed by atoms with van der Waals surface area (Å²) in [6, 6.07) is 10.1. The first kappa shape index (κ1) is 14.5. The second-order valence-electron chi connectivity index (χ2n) is 4.95. The summed E-state index contributed by atoms with van der Waals surface area (Å²) in [6.45, 7) is 0. The van der Waals surface area contributed by atoms with Gasteiger partial charge >= 0.3 is 5.97 Å². The smallest absolute Gasteiger partial charge is 0.330 e. The van der Waals surface area contributed by atoms with E-state index >= 15 is 0 Å². The highest BCUT2D eigenvalue weighted by molar-refractivity contribution is 5.82. The van der Waals surface area contributed by atoms with Crippen LogP contribution in [0.1, 0.15) is 24.8 Å². The monoisotopic (exact) mass is 272 g/mol. The lowest BCUT2D eigenvalue weighted by molar-refractivity contribution is -0.143. The minimum Gasteiger partial charge on any atom is -0.459 e. The zero-order chi connectivity index (χ0) is 14.2. The molecule has 2 rings (SSSR count). The molecule has 3 heteroatoms. The number of hydrogen-bond donors (Lipinski definition) is 1. The first-order chi connectivity index (χ1) is 9.74. The molecule has 1 aromatic carbocycles. The van der Waals surface area contributed by atoms with Gasteiger partial charge in [-0.05, 0) is 18.4 Å². The van der Waals surface area contributed by atoms with Gasteiger partial charge in [0.2, 0.25) is 0 Å².